The topological polar surface area (TPSA) is 133 Å². The first-order valence-electron chi connectivity index (χ1n) is 10.5. The van der Waals surface area contributed by atoms with Gasteiger partial charge in [-0.1, -0.05) is 29.4 Å². The second-order valence-electron chi connectivity index (χ2n) is 8.32. The van der Waals surface area contributed by atoms with E-state index in [0.717, 1.165) is 43.3 Å². The normalized spacial score (nSPS) is 24.2. The zero-order valence-electron chi connectivity index (χ0n) is 18.3. The summed E-state index contributed by atoms with van der Waals surface area (Å²) in [5.41, 5.74) is 20.1. The molecule has 4 heterocycles. The minimum atomic E-state index is 0.0482. The van der Waals surface area contributed by atoms with E-state index >= 15 is 0 Å². The molecule has 11 heteroatoms. The number of aliphatic imine (C=N–C) groups is 1. The third-order valence-electron chi connectivity index (χ3n) is 6.56. The molecule has 2 atom stereocenters. The molecule has 2 aromatic heterocycles. The fourth-order valence-electron chi connectivity index (χ4n) is 4.50. The standard InChI is InChI=1S/C21H29ClN8OS/c1-4-14(16(22)19(25)26-3)32-17-13(23)9-15(30-11-27-28-20(17)30)29-7-5-21(6-8-29)10-31-12(2)18(21)24/h4,9,11-12,18H,3,5-8,10,23-25H2,1-2H3/b14-4+,19-16+. The number of ether oxygens (including phenoxy) is 1. The third kappa shape index (κ3) is 3.85. The van der Waals surface area contributed by atoms with Crippen molar-refractivity contribution in [3.05, 3.63) is 34.2 Å². The van der Waals surface area contributed by atoms with E-state index in [1.54, 1.807) is 6.33 Å². The van der Waals surface area contributed by atoms with Crippen LogP contribution in [-0.4, -0.2) is 53.2 Å². The summed E-state index contributed by atoms with van der Waals surface area (Å²) in [4.78, 5) is 7.50. The van der Waals surface area contributed by atoms with Crippen LogP contribution >= 0.6 is 23.4 Å². The number of halogens is 1. The number of thioether (sulfide) groups is 1. The molecular weight excluding hydrogens is 448 g/mol. The highest BCUT2D eigenvalue weighted by Gasteiger charge is 2.47. The van der Waals surface area contributed by atoms with Crippen LogP contribution in [0.25, 0.3) is 5.65 Å². The van der Waals surface area contributed by atoms with E-state index in [2.05, 4.69) is 33.7 Å². The highest BCUT2D eigenvalue weighted by molar-refractivity contribution is 8.03. The second kappa shape index (κ2) is 8.93. The van der Waals surface area contributed by atoms with Crippen molar-refractivity contribution in [2.24, 2.45) is 21.9 Å². The number of nitrogens with two attached hydrogens (primary N) is 3. The van der Waals surface area contributed by atoms with E-state index in [4.69, 9.17) is 33.5 Å². The lowest BCUT2D eigenvalue weighted by Crippen LogP contribution is -2.50. The van der Waals surface area contributed by atoms with Crippen LogP contribution in [0.2, 0.25) is 0 Å². The van der Waals surface area contributed by atoms with Gasteiger partial charge in [-0.25, -0.2) is 4.99 Å². The molecule has 2 fully saturated rings. The van der Waals surface area contributed by atoms with Crippen molar-refractivity contribution in [1.82, 2.24) is 14.6 Å². The summed E-state index contributed by atoms with van der Waals surface area (Å²) >= 11 is 7.75. The molecule has 2 aliphatic rings. The van der Waals surface area contributed by atoms with E-state index in [9.17, 15) is 0 Å². The number of hydrogen-bond donors (Lipinski definition) is 3. The molecule has 172 valence electrons. The molecule has 4 rings (SSSR count). The van der Waals surface area contributed by atoms with Gasteiger partial charge in [0.25, 0.3) is 0 Å². The number of fused-ring (bicyclic) bond motifs is 1. The number of pyridine rings is 1. The summed E-state index contributed by atoms with van der Waals surface area (Å²) in [6.45, 7) is 9.81. The lowest BCUT2D eigenvalue weighted by molar-refractivity contribution is 0.0974. The van der Waals surface area contributed by atoms with Crippen LogP contribution in [0.15, 0.2) is 44.1 Å². The first-order valence-corrected chi connectivity index (χ1v) is 11.7. The zero-order valence-corrected chi connectivity index (χ0v) is 19.9. The molecule has 32 heavy (non-hydrogen) atoms. The fraction of sp³-hybridized carbons (Fsp3) is 0.476. The van der Waals surface area contributed by atoms with E-state index in [1.165, 1.54) is 11.8 Å². The van der Waals surface area contributed by atoms with Gasteiger partial charge in [-0.05, 0) is 33.4 Å². The number of anilines is 2. The lowest BCUT2D eigenvalue weighted by Gasteiger charge is -2.42. The van der Waals surface area contributed by atoms with Crippen molar-refractivity contribution in [2.45, 2.75) is 43.7 Å². The molecule has 0 saturated carbocycles. The van der Waals surface area contributed by atoms with E-state index in [0.29, 0.717) is 21.3 Å². The largest absolute Gasteiger partial charge is 0.398 e. The Kier molecular flexibility index (Phi) is 6.39. The lowest BCUT2D eigenvalue weighted by atomic mass is 9.73. The molecule has 6 N–H and O–H groups in total. The Bertz CT molecular complexity index is 1090. The van der Waals surface area contributed by atoms with Crippen molar-refractivity contribution < 1.29 is 4.74 Å². The maximum atomic E-state index is 6.50. The Labute approximate surface area is 196 Å². The van der Waals surface area contributed by atoms with Gasteiger partial charge in [-0.2, -0.15) is 0 Å². The first-order chi connectivity index (χ1) is 15.3. The Morgan fingerprint density at radius 1 is 1.44 bits per heavy atom. The van der Waals surface area contributed by atoms with Gasteiger partial charge in [0.15, 0.2) is 5.65 Å². The average molecular weight is 477 g/mol. The summed E-state index contributed by atoms with van der Waals surface area (Å²) in [5, 5.41) is 8.79. The highest BCUT2D eigenvalue weighted by atomic mass is 35.5. The maximum absolute atomic E-state index is 6.50. The van der Waals surface area contributed by atoms with Crippen LogP contribution in [0.1, 0.15) is 26.7 Å². The summed E-state index contributed by atoms with van der Waals surface area (Å²) in [6.07, 6.45) is 5.59. The van der Waals surface area contributed by atoms with E-state index < -0.39 is 0 Å². The van der Waals surface area contributed by atoms with Crippen molar-refractivity contribution in [1.29, 1.82) is 0 Å². The molecule has 0 bridgehead atoms. The molecule has 0 amide bonds. The van der Waals surface area contributed by atoms with Crippen molar-refractivity contribution in [3.63, 3.8) is 0 Å². The summed E-state index contributed by atoms with van der Waals surface area (Å²) < 4.78 is 7.82. The zero-order chi connectivity index (χ0) is 23.0. The highest BCUT2D eigenvalue weighted by Crippen LogP contribution is 2.44. The van der Waals surface area contributed by atoms with Crippen molar-refractivity contribution in [2.75, 3.05) is 30.3 Å². The van der Waals surface area contributed by atoms with Crippen molar-refractivity contribution in [3.8, 4) is 0 Å². The SMILES string of the molecule is C=N/C(N)=C(Cl)\C(=C/C)Sc1c(N)cc(N2CCC3(CC2)COC(C)C3N)n2cnnc12. The number of rotatable bonds is 5. The smallest absolute Gasteiger partial charge is 0.178 e. The van der Waals surface area contributed by atoms with Gasteiger partial charge < -0.3 is 26.8 Å². The van der Waals surface area contributed by atoms with Crippen LogP contribution in [0, 0.1) is 5.41 Å². The fourth-order valence-corrected chi connectivity index (χ4v) is 5.72. The van der Waals surface area contributed by atoms with Crippen LogP contribution < -0.4 is 22.1 Å². The molecule has 0 aromatic carbocycles. The summed E-state index contributed by atoms with van der Waals surface area (Å²) in [5.74, 6) is 1.11. The Hall–Kier alpha value is -2.27. The van der Waals surface area contributed by atoms with Crippen LogP contribution in [0.3, 0.4) is 0 Å². The number of piperidine rings is 1. The quantitative estimate of drug-likeness (QED) is 0.340. The molecule has 2 saturated heterocycles. The minimum absolute atomic E-state index is 0.0482. The predicted octanol–water partition coefficient (Wildman–Crippen LogP) is 2.71. The average Bonchev–Trinajstić information content (AvgIpc) is 3.39. The van der Waals surface area contributed by atoms with Gasteiger partial charge in [-0.15, -0.1) is 10.2 Å². The first kappa shape index (κ1) is 22.9. The van der Waals surface area contributed by atoms with Crippen LogP contribution in [0.4, 0.5) is 11.5 Å². The molecule has 2 aromatic rings. The van der Waals surface area contributed by atoms with Gasteiger partial charge in [0.2, 0.25) is 0 Å². The predicted molar refractivity (Wildman–Crippen MR) is 131 cm³/mol. The number of aromatic nitrogens is 3. The summed E-state index contributed by atoms with van der Waals surface area (Å²) in [6, 6.07) is 2.03. The summed E-state index contributed by atoms with van der Waals surface area (Å²) in [7, 11) is 0. The van der Waals surface area contributed by atoms with Gasteiger partial charge in [0, 0.05) is 35.5 Å². The van der Waals surface area contributed by atoms with Crippen molar-refractivity contribution >= 4 is 47.2 Å². The Morgan fingerprint density at radius 3 is 2.75 bits per heavy atom. The molecule has 2 unspecified atom stereocenters. The van der Waals surface area contributed by atoms with Gasteiger partial charge in [-0.3, -0.25) is 4.40 Å². The van der Waals surface area contributed by atoms with Gasteiger partial charge in [0.1, 0.15) is 18.0 Å². The molecular formula is C21H29ClN8OS. The number of allylic oxidation sites excluding steroid dienone is 2. The number of hydrogen-bond acceptors (Lipinski definition) is 9. The van der Waals surface area contributed by atoms with E-state index in [1.807, 2.05) is 23.5 Å². The molecule has 9 nitrogen and oxygen atoms in total. The number of nitrogen functional groups attached to an aromatic ring is 1. The second-order valence-corrected chi connectivity index (χ2v) is 9.75. The van der Waals surface area contributed by atoms with Gasteiger partial charge in [0.05, 0.1) is 28.3 Å². The number of nitrogens with zero attached hydrogens (tertiary/aromatic N) is 5. The maximum Gasteiger partial charge on any atom is 0.178 e. The molecule has 0 aliphatic carbocycles. The van der Waals surface area contributed by atoms with E-state index in [-0.39, 0.29) is 23.4 Å². The monoisotopic (exact) mass is 476 g/mol. The molecule has 2 aliphatic heterocycles. The molecule has 1 spiro atoms. The third-order valence-corrected chi connectivity index (χ3v) is 8.35. The Morgan fingerprint density at radius 2 is 2.16 bits per heavy atom. The van der Waals surface area contributed by atoms with Crippen LogP contribution in [-0.2, 0) is 4.74 Å². The molecule has 0 radical (unpaired) electrons. The Balaban J connectivity index is 1.63. The van der Waals surface area contributed by atoms with Gasteiger partial charge >= 0.3 is 0 Å². The minimum Gasteiger partial charge on any atom is -0.398 e. The van der Waals surface area contributed by atoms with Crippen LogP contribution in [0.5, 0.6) is 0 Å².